The number of benzene rings is 1. The van der Waals surface area contributed by atoms with Crippen molar-refractivity contribution in [2.45, 2.75) is 38.5 Å². The van der Waals surface area contributed by atoms with Crippen LogP contribution in [0.5, 0.6) is 0 Å². The van der Waals surface area contributed by atoms with Crippen LogP contribution in [-0.4, -0.2) is 71.8 Å². The zero-order valence-electron chi connectivity index (χ0n) is 18.4. The molecule has 1 aromatic heterocycles. The quantitative estimate of drug-likeness (QED) is 0.557. The zero-order chi connectivity index (χ0) is 22.3. The summed E-state index contributed by atoms with van der Waals surface area (Å²) in [6, 6.07) is 9.41. The molecule has 4 rings (SSSR count). The van der Waals surface area contributed by atoms with E-state index >= 15 is 0 Å². The van der Waals surface area contributed by atoms with Gasteiger partial charge in [-0.05, 0) is 37.8 Å². The first-order chi connectivity index (χ1) is 15.6. The first-order valence-electron chi connectivity index (χ1n) is 11.6. The van der Waals surface area contributed by atoms with Crippen LogP contribution in [0.1, 0.15) is 48.9 Å². The number of anilines is 1. The van der Waals surface area contributed by atoms with Crippen molar-refractivity contribution in [3.05, 3.63) is 35.9 Å². The second-order valence-electron chi connectivity index (χ2n) is 8.43. The number of hydrogen-bond donors (Lipinski definition) is 2. The highest BCUT2D eigenvalue weighted by Gasteiger charge is 2.20. The third-order valence-electron chi connectivity index (χ3n) is 6.10. The number of rotatable bonds is 10. The summed E-state index contributed by atoms with van der Waals surface area (Å²) in [4.78, 5) is 44.8. The van der Waals surface area contributed by atoms with Gasteiger partial charge in [-0.3, -0.25) is 14.4 Å². The highest BCUT2D eigenvalue weighted by molar-refractivity contribution is 6.07. The van der Waals surface area contributed by atoms with Gasteiger partial charge in [-0.2, -0.15) is 0 Å². The molecule has 0 saturated carbocycles. The van der Waals surface area contributed by atoms with Crippen LogP contribution in [-0.2, 0) is 9.59 Å². The normalized spacial score (nSPS) is 16.2. The molecule has 32 heavy (non-hydrogen) atoms. The molecular formula is C24H31N5O3. The van der Waals surface area contributed by atoms with Crippen LogP contribution in [0.4, 0.5) is 5.82 Å². The lowest BCUT2D eigenvalue weighted by Gasteiger charge is -2.16. The minimum Gasteiger partial charge on any atom is -0.370 e. The molecule has 8 heteroatoms. The topological polar surface area (TPSA) is 94.6 Å². The van der Waals surface area contributed by atoms with E-state index in [0.29, 0.717) is 43.9 Å². The van der Waals surface area contributed by atoms with E-state index in [1.807, 2.05) is 34.1 Å². The van der Waals surface area contributed by atoms with Gasteiger partial charge in [-0.15, -0.1) is 0 Å². The summed E-state index contributed by atoms with van der Waals surface area (Å²) in [6.45, 7) is 4.30. The van der Waals surface area contributed by atoms with Gasteiger partial charge in [0.05, 0.1) is 11.1 Å². The fourth-order valence-electron chi connectivity index (χ4n) is 4.39. The predicted molar refractivity (Wildman–Crippen MR) is 123 cm³/mol. The number of carbonyl (C=O) groups excluding carboxylic acids is 3. The van der Waals surface area contributed by atoms with E-state index in [1.165, 1.54) is 0 Å². The van der Waals surface area contributed by atoms with Gasteiger partial charge in [0.15, 0.2) is 0 Å². The van der Waals surface area contributed by atoms with Crippen LogP contribution >= 0.6 is 0 Å². The molecule has 2 fully saturated rings. The summed E-state index contributed by atoms with van der Waals surface area (Å²) >= 11 is 0. The van der Waals surface area contributed by atoms with Gasteiger partial charge in [-0.1, -0.05) is 18.2 Å². The minimum absolute atomic E-state index is 0.137. The summed E-state index contributed by atoms with van der Waals surface area (Å²) in [5.74, 6) is 0.967. The van der Waals surface area contributed by atoms with Crippen molar-refractivity contribution in [3.8, 4) is 0 Å². The Balaban J connectivity index is 1.33. The van der Waals surface area contributed by atoms with E-state index in [0.717, 1.165) is 56.2 Å². The Kier molecular flexibility index (Phi) is 7.19. The lowest BCUT2D eigenvalue weighted by molar-refractivity contribution is -0.128. The van der Waals surface area contributed by atoms with Gasteiger partial charge in [0.25, 0.3) is 5.91 Å². The number of nitrogens with zero attached hydrogens (tertiary/aromatic N) is 3. The maximum absolute atomic E-state index is 12.9. The van der Waals surface area contributed by atoms with Gasteiger partial charge in [0.2, 0.25) is 11.8 Å². The Labute approximate surface area is 188 Å². The molecule has 8 nitrogen and oxygen atoms in total. The Morgan fingerprint density at radius 2 is 1.59 bits per heavy atom. The SMILES string of the molecule is O=C(NCCCN1CCCC1=O)c1cc(NCCCN2CCCC2=O)nc2ccccc12. The van der Waals surface area contributed by atoms with Gasteiger partial charge in [0, 0.05) is 57.5 Å². The maximum Gasteiger partial charge on any atom is 0.252 e. The Morgan fingerprint density at radius 3 is 2.25 bits per heavy atom. The van der Waals surface area contributed by atoms with Crippen LogP contribution in [0.25, 0.3) is 10.9 Å². The molecule has 2 aliphatic heterocycles. The van der Waals surface area contributed by atoms with Crippen LogP contribution in [0, 0.1) is 0 Å². The molecule has 3 heterocycles. The number of nitrogens with one attached hydrogen (secondary N) is 2. The standard InChI is InChI=1S/C24H31N5O3/c30-22-9-3-13-28(22)15-5-11-25-21-17-19(18-7-1-2-8-20(18)27-21)24(32)26-12-6-16-29-14-4-10-23(29)31/h1-2,7-8,17H,3-6,9-16H2,(H,25,27)(H,26,32). The van der Waals surface area contributed by atoms with Crippen molar-refractivity contribution in [3.63, 3.8) is 0 Å². The summed E-state index contributed by atoms with van der Waals surface area (Å²) in [5, 5.41) is 7.11. The molecule has 2 aromatic rings. The van der Waals surface area contributed by atoms with Crippen molar-refractivity contribution < 1.29 is 14.4 Å². The fraction of sp³-hybridized carbons (Fsp3) is 0.500. The lowest BCUT2D eigenvalue weighted by Crippen LogP contribution is -2.30. The molecule has 0 atom stereocenters. The summed E-state index contributed by atoms with van der Waals surface area (Å²) in [5.41, 5.74) is 1.35. The molecule has 0 radical (unpaired) electrons. The first kappa shape index (κ1) is 22.0. The van der Waals surface area contributed by atoms with Crippen molar-refractivity contribution in [1.82, 2.24) is 20.1 Å². The number of para-hydroxylation sites is 1. The van der Waals surface area contributed by atoms with Crippen molar-refractivity contribution in [1.29, 1.82) is 0 Å². The number of aromatic nitrogens is 1. The van der Waals surface area contributed by atoms with E-state index in [4.69, 9.17) is 0 Å². The van der Waals surface area contributed by atoms with Gasteiger partial charge in [0.1, 0.15) is 5.82 Å². The van der Waals surface area contributed by atoms with Crippen LogP contribution in [0.3, 0.4) is 0 Å². The summed E-state index contributed by atoms with van der Waals surface area (Å²) in [7, 11) is 0. The third kappa shape index (κ3) is 5.36. The molecular weight excluding hydrogens is 406 g/mol. The van der Waals surface area contributed by atoms with E-state index < -0.39 is 0 Å². The van der Waals surface area contributed by atoms with Gasteiger partial charge >= 0.3 is 0 Å². The zero-order valence-corrected chi connectivity index (χ0v) is 18.4. The molecule has 170 valence electrons. The van der Waals surface area contributed by atoms with E-state index in [2.05, 4.69) is 15.6 Å². The Bertz CT molecular complexity index is 993. The number of pyridine rings is 1. The number of carbonyl (C=O) groups is 3. The molecule has 3 amide bonds. The molecule has 2 N–H and O–H groups in total. The molecule has 2 aliphatic rings. The number of likely N-dealkylation sites (tertiary alicyclic amines) is 2. The maximum atomic E-state index is 12.9. The minimum atomic E-state index is -0.137. The number of fused-ring (bicyclic) bond motifs is 1. The van der Waals surface area contributed by atoms with Crippen LogP contribution in [0.2, 0.25) is 0 Å². The second-order valence-corrected chi connectivity index (χ2v) is 8.43. The van der Waals surface area contributed by atoms with Crippen LogP contribution < -0.4 is 10.6 Å². The Morgan fingerprint density at radius 1 is 0.938 bits per heavy atom. The number of amides is 3. The average Bonchev–Trinajstić information content (AvgIpc) is 3.41. The largest absolute Gasteiger partial charge is 0.370 e. The van der Waals surface area contributed by atoms with Crippen molar-refractivity contribution in [2.24, 2.45) is 0 Å². The highest BCUT2D eigenvalue weighted by Crippen LogP contribution is 2.21. The number of hydrogen-bond acceptors (Lipinski definition) is 5. The molecule has 0 unspecified atom stereocenters. The lowest BCUT2D eigenvalue weighted by atomic mass is 10.1. The first-order valence-corrected chi connectivity index (χ1v) is 11.6. The summed E-state index contributed by atoms with van der Waals surface area (Å²) < 4.78 is 0. The monoisotopic (exact) mass is 437 g/mol. The van der Waals surface area contributed by atoms with Crippen LogP contribution in [0.15, 0.2) is 30.3 Å². The van der Waals surface area contributed by atoms with E-state index in [1.54, 1.807) is 6.07 Å². The van der Waals surface area contributed by atoms with Gasteiger partial charge in [-0.25, -0.2) is 4.98 Å². The molecule has 1 aromatic carbocycles. The molecule has 0 bridgehead atoms. The van der Waals surface area contributed by atoms with Crippen molar-refractivity contribution >= 4 is 34.4 Å². The highest BCUT2D eigenvalue weighted by atomic mass is 16.2. The third-order valence-corrected chi connectivity index (χ3v) is 6.10. The molecule has 2 saturated heterocycles. The summed E-state index contributed by atoms with van der Waals surface area (Å²) in [6.07, 6.45) is 4.74. The fourth-order valence-corrected chi connectivity index (χ4v) is 4.39. The molecule has 0 aliphatic carbocycles. The van der Waals surface area contributed by atoms with Crippen molar-refractivity contribution in [2.75, 3.05) is 44.6 Å². The smallest absolute Gasteiger partial charge is 0.252 e. The van der Waals surface area contributed by atoms with E-state index in [-0.39, 0.29) is 17.7 Å². The van der Waals surface area contributed by atoms with E-state index in [9.17, 15) is 14.4 Å². The predicted octanol–water partition coefficient (Wildman–Crippen LogP) is 2.40. The van der Waals surface area contributed by atoms with Gasteiger partial charge < -0.3 is 20.4 Å². The average molecular weight is 438 g/mol. The molecule has 0 spiro atoms. The Hall–Kier alpha value is -3.16. The second kappa shape index (κ2) is 10.4.